The van der Waals surface area contributed by atoms with Gasteiger partial charge in [0.05, 0.1) is 21.5 Å². The fraction of sp³-hybridized carbons (Fsp3) is 0.294. The van der Waals surface area contributed by atoms with Crippen LogP contribution in [0.2, 0.25) is 0 Å². The molecule has 1 fully saturated rings. The minimum Gasteiger partial charge on any atom is -0.434 e. The third-order valence-electron chi connectivity index (χ3n) is 4.27. The molecule has 3 rings (SSSR count). The van der Waals surface area contributed by atoms with E-state index in [0.29, 0.717) is 24.9 Å². The molecule has 1 atom stereocenters. The van der Waals surface area contributed by atoms with E-state index in [4.69, 9.17) is 0 Å². The van der Waals surface area contributed by atoms with E-state index in [9.17, 15) is 23.3 Å². The summed E-state index contributed by atoms with van der Waals surface area (Å²) in [6, 6.07) is 8.19. The van der Waals surface area contributed by atoms with Crippen molar-refractivity contribution in [3.05, 3.63) is 62.4 Å². The fourth-order valence-corrected chi connectivity index (χ4v) is 3.57. The topological polar surface area (TPSA) is 55.6 Å². The number of alkyl halides is 2. The lowest BCUT2D eigenvalue weighted by molar-refractivity contribution is -0.384. The van der Waals surface area contributed by atoms with E-state index in [-0.39, 0.29) is 27.6 Å². The second-order valence-electron chi connectivity index (χ2n) is 5.78. The van der Waals surface area contributed by atoms with Crippen LogP contribution in [0, 0.1) is 15.9 Å². The van der Waals surface area contributed by atoms with Crippen LogP contribution in [0.4, 0.5) is 24.5 Å². The molecule has 1 aliphatic heterocycles. The summed E-state index contributed by atoms with van der Waals surface area (Å²) in [5.41, 5.74) is 0.377. The molecule has 0 N–H and O–H groups in total. The van der Waals surface area contributed by atoms with E-state index < -0.39 is 17.4 Å². The van der Waals surface area contributed by atoms with Crippen molar-refractivity contribution in [2.24, 2.45) is 0 Å². The van der Waals surface area contributed by atoms with Gasteiger partial charge in [-0.3, -0.25) is 10.1 Å². The molecular weight excluding hydrogens is 417 g/mol. The number of benzene rings is 2. The largest absolute Gasteiger partial charge is 0.434 e. The van der Waals surface area contributed by atoms with Crippen molar-refractivity contribution in [2.45, 2.75) is 25.5 Å². The third kappa shape index (κ3) is 3.62. The van der Waals surface area contributed by atoms with Gasteiger partial charge in [0.2, 0.25) is 0 Å². The number of ether oxygens (including phenoxy) is 1. The molecule has 0 saturated carbocycles. The van der Waals surface area contributed by atoms with Gasteiger partial charge < -0.3 is 9.64 Å². The maximum Gasteiger partial charge on any atom is 0.387 e. The SMILES string of the molecule is O=[N+]([O-])c1cc(F)c(Br)cc1N1CCCC1c1ccccc1OC(F)F. The number of para-hydroxylation sites is 1. The second kappa shape index (κ2) is 7.53. The van der Waals surface area contributed by atoms with Crippen LogP contribution in [0.15, 0.2) is 40.9 Å². The lowest BCUT2D eigenvalue weighted by Crippen LogP contribution is -2.24. The maximum atomic E-state index is 13.8. The molecule has 0 aliphatic carbocycles. The molecule has 26 heavy (non-hydrogen) atoms. The normalized spacial score (nSPS) is 17.0. The Hall–Kier alpha value is -2.29. The number of hydrogen-bond donors (Lipinski definition) is 0. The molecule has 9 heteroatoms. The summed E-state index contributed by atoms with van der Waals surface area (Å²) in [5, 5.41) is 11.4. The van der Waals surface area contributed by atoms with E-state index >= 15 is 0 Å². The fourth-order valence-electron chi connectivity index (χ4n) is 3.24. The highest BCUT2D eigenvalue weighted by atomic mass is 79.9. The quantitative estimate of drug-likeness (QED) is 0.468. The predicted octanol–water partition coefficient (Wildman–Crippen LogP) is 5.44. The Morgan fingerprint density at radius 2 is 2.04 bits per heavy atom. The number of anilines is 1. The zero-order chi connectivity index (χ0) is 18.8. The van der Waals surface area contributed by atoms with Crippen LogP contribution >= 0.6 is 15.9 Å². The van der Waals surface area contributed by atoms with E-state index in [1.54, 1.807) is 23.1 Å². The number of halogens is 4. The Morgan fingerprint density at radius 1 is 1.31 bits per heavy atom. The minimum atomic E-state index is -2.97. The number of hydrogen-bond acceptors (Lipinski definition) is 4. The van der Waals surface area contributed by atoms with Gasteiger partial charge >= 0.3 is 6.61 Å². The average Bonchev–Trinajstić information content (AvgIpc) is 3.06. The van der Waals surface area contributed by atoms with Gasteiger partial charge in [0.15, 0.2) is 0 Å². The zero-order valence-corrected chi connectivity index (χ0v) is 15.0. The molecule has 2 aromatic rings. The summed E-state index contributed by atoms with van der Waals surface area (Å²) < 4.78 is 43.9. The highest BCUT2D eigenvalue weighted by molar-refractivity contribution is 9.10. The molecule has 0 bridgehead atoms. The zero-order valence-electron chi connectivity index (χ0n) is 13.4. The lowest BCUT2D eigenvalue weighted by atomic mass is 10.0. The molecule has 0 aromatic heterocycles. The van der Waals surface area contributed by atoms with Crippen molar-refractivity contribution in [1.29, 1.82) is 0 Å². The number of rotatable bonds is 5. The summed E-state index contributed by atoms with van der Waals surface area (Å²) in [5.74, 6) is -0.708. The van der Waals surface area contributed by atoms with Crippen molar-refractivity contribution >= 4 is 27.3 Å². The summed E-state index contributed by atoms with van der Waals surface area (Å²) in [6.07, 6.45) is 1.32. The van der Waals surface area contributed by atoms with E-state index in [2.05, 4.69) is 20.7 Å². The highest BCUT2D eigenvalue weighted by Crippen LogP contribution is 2.44. The average molecular weight is 431 g/mol. The van der Waals surface area contributed by atoms with Crippen molar-refractivity contribution in [3.8, 4) is 5.75 Å². The first-order valence-corrected chi connectivity index (χ1v) is 8.61. The van der Waals surface area contributed by atoms with E-state index in [1.165, 1.54) is 12.1 Å². The summed E-state index contributed by atoms with van der Waals surface area (Å²) in [4.78, 5) is 12.5. The molecule has 0 spiro atoms. The molecule has 0 radical (unpaired) electrons. The first-order chi connectivity index (χ1) is 12.4. The van der Waals surface area contributed by atoms with E-state index in [0.717, 1.165) is 6.07 Å². The van der Waals surface area contributed by atoms with Gasteiger partial charge in [-0.25, -0.2) is 4.39 Å². The molecule has 0 amide bonds. The maximum absolute atomic E-state index is 13.8. The molecule has 1 aliphatic rings. The monoisotopic (exact) mass is 430 g/mol. The molecule has 1 unspecified atom stereocenters. The van der Waals surface area contributed by atoms with Crippen LogP contribution < -0.4 is 9.64 Å². The number of nitro groups is 1. The van der Waals surface area contributed by atoms with Crippen LogP contribution in [0.25, 0.3) is 0 Å². The van der Waals surface area contributed by atoms with Gasteiger partial charge in [0.1, 0.15) is 17.3 Å². The summed E-state index contributed by atoms with van der Waals surface area (Å²) >= 11 is 3.05. The molecule has 2 aromatic carbocycles. The van der Waals surface area contributed by atoms with E-state index in [1.807, 2.05) is 0 Å². The van der Waals surface area contributed by atoms with Gasteiger partial charge in [0, 0.05) is 12.1 Å². The van der Waals surface area contributed by atoms with Gasteiger partial charge in [-0.1, -0.05) is 18.2 Å². The smallest absolute Gasteiger partial charge is 0.387 e. The highest BCUT2D eigenvalue weighted by Gasteiger charge is 2.33. The summed E-state index contributed by atoms with van der Waals surface area (Å²) in [7, 11) is 0. The van der Waals surface area contributed by atoms with Gasteiger partial charge in [-0.15, -0.1) is 0 Å². The number of nitro benzene ring substituents is 1. The van der Waals surface area contributed by atoms with Crippen molar-refractivity contribution in [2.75, 3.05) is 11.4 Å². The van der Waals surface area contributed by atoms with Crippen LogP contribution in [-0.2, 0) is 0 Å². The first-order valence-electron chi connectivity index (χ1n) is 7.82. The molecule has 1 saturated heterocycles. The van der Waals surface area contributed by atoms with Gasteiger partial charge in [-0.05, 0) is 40.9 Å². The Kier molecular flexibility index (Phi) is 5.36. The van der Waals surface area contributed by atoms with Crippen LogP contribution in [-0.4, -0.2) is 18.1 Å². The molecular formula is C17H14BrF3N2O3. The van der Waals surface area contributed by atoms with Crippen molar-refractivity contribution in [1.82, 2.24) is 0 Å². The Labute approximate surface area is 155 Å². The van der Waals surface area contributed by atoms with Crippen molar-refractivity contribution in [3.63, 3.8) is 0 Å². The summed E-state index contributed by atoms with van der Waals surface area (Å²) in [6.45, 7) is -2.49. The van der Waals surface area contributed by atoms with Gasteiger partial charge in [-0.2, -0.15) is 8.78 Å². The molecule has 138 valence electrons. The lowest BCUT2D eigenvalue weighted by Gasteiger charge is -2.28. The molecule has 5 nitrogen and oxygen atoms in total. The van der Waals surface area contributed by atoms with Crippen LogP contribution in [0.5, 0.6) is 5.75 Å². The Balaban J connectivity index is 2.05. The third-order valence-corrected chi connectivity index (χ3v) is 4.88. The van der Waals surface area contributed by atoms with Gasteiger partial charge in [0.25, 0.3) is 5.69 Å². The van der Waals surface area contributed by atoms with Crippen molar-refractivity contribution < 1.29 is 22.8 Å². The van der Waals surface area contributed by atoms with Crippen LogP contribution in [0.3, 0.4) is 0 Å². The molecule has 1 heterocycles. The number of nitrogens with zero attached hydrogens (tertiary/aromatic N) is 2. The second-order valence-corrected chi connectivity index (χ2v) is 6.63. The standard InChI is InChI=1S/C17H14BrF3N2O3/c18-11-8-14(15(23(24)25)9-12(11)19)22-7-3-5-13(22)10-4-1-2-6-16(10)26-17(20)21/h1-2,4,6,8-9,13,17H,3,5,7H2. The Bertz CT molecular complexity index is 835. The predicted molar refractivity (Wildman–Crippen MR) is 93.1 cm³/mol. The van der Waals surface area contributed by atoms with Crippen LogP contribution in [0.1, 0.15) is 24.4 Å². The first kappa shape index (κ1) is 18.5. The minimum absolute atomic E-state index is 0.0308. The Morgan fingerprint density at radius 3 is 2.73 bits per heavy atom.